The Labute approximate surface area is 115 Å². The van der Waals surface area contributed by atoms with Gasteiger partial charge >= 0.3 is 0 Å². The number of benzene rings is 1. The molecule has 0 saturated carbocycles. The van der Waals surface area contributed by atoms with Crippen LogP contribution in [-0.4, -0.2) is 13.6 Å². The van der Waals surface area contributed by atoms with Crippen molar-refractivity contribution in [2.45, 2.75) is 39.5 Å². The molecule has 19 heavy (non-hydrogen) atoms. The highest BCUT2D eigenvalue weighted by Gasteiger charge is 2.35. The molecule has 0 radical (unpaired) electrons. The first kappa shape index (κ1) is 16.1. The average Bonchev–Trinajstić information content (AvgIpc) is 2.35. The molecule has 1 aromatic carbocycles. The molecule has 0 spiro atoms. The van der Waals surface area contributed by atoms with Gasteiger partial charge in [0.15, 0.2) is 0 Å². The first-order valence-corrected chi connectivity index (χ1v) is 6.93. The number of hydrogen-bond donors (Lipinski definition) is 1. The Hall–Kier alpha value is -0.960. The van der Waals surface area contributed by atoms with Crippen LogP contribution in [0.3, 0.4) is 0 Å². The minimum Gasteiger partial charge on any atom is -0.319 e. The number of nitrogens with one attached hydrogen (secondary N) is 1. The van der Waals surface area contributed by atoms with Crippen molar-refractivity contribution in [3.63, 3.8) is 0 Å². The molecule has 0 heterocycles. The van der Waals surface area contributed by atoms with Gasteiger partial charge in [-0.1, -0.05) is 52.0 Å². The second kappa shape index (κ2) is 6.47. The second-order valence-electron chi connectivity index (χ2n) is 5.81. The minimum atomic E-state index is -2.76. The summed E-state index contributed by atoms with van der Waals surface area (Å²) in [5, 5.41) is 3.16. The first-order valence-electron chi connectivity index (χ1n) is 6.93. The maximum Gasteiger partial charge on any atom is 0.275 e. The van der Waals surface area contributed by atoms with Gasteiger partial charge in [-0.25, -0.2) is 8.78 Å². The monoisotopic (exact) mass is 269 g/mol. The van der Waals surface area contributed by atoms with Crippen molar-refractivity contribution in [2.24, 2.45) is 11.8 Å². The van der Waals surface area contributed by atoms with Crippen LogP contribution in [0.1, 0.15) is 44.7 Å². The van der Waals surface area contributed by atoms with Crippen LogP contribution in [0.5, 0.6) is 0 Å². The lowest BCUT2D eigenvalue weighted by Gasteiger charge is -2.24. The topological polar surface area (TPSA) is 12.0 Å². The molecule has 0 aliphatic rings. The molecule has 1 atom stereocenters. The Bertz CT molecular complexity index is 382. The number of alkyl halides is 2. The molecular formula is C16H25F2N. The summed E-state index contributed by atoms with van der Waals surface area (Å²) < 4.78 is 27.8. The number of rotatable bonds is 6. The van der Waals surface area contributed by atoms with Crippen molar-refractivity contribution < 1.29 is 8.78 Å². The Morgan fingerprint density at radius 1 is 1.05 bits per heavy atom. The fraction of sp³-hybridized carbons (Fsp3) is 0.625. The maximum atomic E-state index is 13.9. The summed E-state index contributed by atoms with van der Waals surface area (Å²) in [7, 11) is 1.91. The van der Waals surface area contributed by atoms with E-state index in [1.165, 1.54) is 0 Å². The lowest BCUT2D eigenvalue weighted by Crippen LogP contribution is -2.23. The van der Waals surface area contributed by atoms with E-state index in [1.54, 1.807) is 26.0 Å². The van der Waals surface area contributed by atoms with E-state index >= 15 is 0 Å². The van der Waals surface area contributed by atoms with E-state index in [4.69, 9.17) is 0 Å². The predicted molar refractivity (Wildman–Crippen MR) is 76.7 cm³/mol. The van der Waals surface area contributed by atoms with E-state index in [9.17, 15) is 8.78 Å². The van der Waals surface area contributed by atoms with E-state index in [-0.39, 0.29) is 5.56 Å². The minimum absolute atomic E-state index is 0.109. The predicted octanol–water partition coefficient (Wildman–Crippen LogP) is 4.39. The van der Waals surface area contributed by atoms with Crippen LogP contribution in [0.4, 0.5) is 8.78 Å². The van der Waals surface area contributed by atoms with Gasteiger partial charge in [0.2, 0.25) is 0 Å². The van der Waals surface area contributed by atoms with Gasteiger partial charge in [-0.05, 0) is 24.4 Å². The zero-order valence-electron chi connectivity index (χ0n) is 12.5. The molecule has 0 saturated heterocycles. The van der Waals surface area contributed by atoms with Gasteiger partial charge in [-0.2, -0.15) is 0 Å². The average molecular weight is 269 g/mol. The molecule has 1 N–H and O–H groups in total. The number of likely N-dealkylation sites (N-methyl/N-ethyl adjacent to an activating group) is 1. The third-order valence-corrected chi connectivity index (χ3v) is 3.68. The summed E-state index contributed by atoms with van der Waals surface area (Å²) in [4.78, 5) is 0. The van der Waals surface area contributed by atoms with Crippen LogP contribution in [0.15, 0.2) is 24.3 Å². The summed E-state index contributed by atoms with van der Waals surface area (Å²) in [6.07, 6.45) is 0. The van der Waals surface area contributed by atoms with Crippen molar-refractivity contribution in [1.82, 2.24) is 5.32 Å². The van der Waals surface area contributed by atoms with Gasteiger partial charge < -0.3 is 5.32 Å². The molecule has 0 aliphatic heterocycles. The Balaban J connectivity index is 2.98. The highest BCUT2D eigenvalue weighted by molar-refractivity contribution is 5.29. The van der Waals surface area contributed by atoms with Crippen LogP contribution in [0.25, 0.3) is 0 Å². The van der Waals surface area contributed by atoms with Crippen LogP contribution >= 0.6 is 0 Å². The molecule has 0 bridgehead atoms. The SMILES string of the molecule is CNCC(c1ccc(C(F)(F)C(C)C)cc1)C(C)C. The van der Waals surface area contributed by atoms with Gasteiger partial charge in [-0.15, -0.1) is 0 Å². The van der Waals surface area contributed by atoms with Crippen molar-refractivity contribution in [3.8, 4) is 0 Å². The zero-order chi connectivity index (χ0) is 14.6. The van der Waals surface area contributed by atoms with E-state index < -0.39 is 11.8 Å². The summed E-state index contributed by atoms with van der Waals surface area (Å²) in [5.41, 5.74) is 1.23. The lowest BCUT2D eigenvalue weighted by atomic mass is 9.87. The molecule has 0 amide bonds. The van der Waals surface area contributed by atoms with E-state index in [0.717, 1.165) is 12.1 Å². The van der Waals surface area contributed by atoms with Crippen LogP contribution in [-0.2, 0) is 5.92 Å². The summed E-state index contributed by atoms with van der Waals surface area (Å²) in [5.74, 6) is -2.61. The molecule has 0 fully saturated rings. The van der Waals surface area contributed by atoms with Gasteiger partial charge in [-0.3, -0.25) is 0 Å². The molecule has 3 heteroatoms. The van der Waals surface area contributed by atoms with E-state index in [2.05, 4.69) is 19.2 Å². The highest BCUT2D eigenvalue weighted by atomic mass is 19.3. The normalized spacial score (nSPS) is 14.2. The molecule has 1 unspecified atom stereocenters. The van der Waals surface area contributed by atoms with E-state index in [0.29, 0.717) is 11.8 Å². The van der Waals surface area contributed by atoms with Crippen LogP contribution in [0, 0.1) is 11.8 Å². The van der Waals surface area contributed by atoms with Gasteiger partial charge in [0.1, 0.15) is 0 Å². The third-order valence-electron chi connectivity index (χ3n) is 3.68. The number of hydrogen-bond acceptors (Lipinski definition) is 1. The standard InChI is InChI=1S/C16H25F2N/c1-11(2)15(10-19-5)13-6-8-14(9-7-13)16(17,18)12(3)4/h6-9,11-12,15,19H,10H2,1-5H3. The van der Waals surface area contributed by atoms with Crippen molar-refractivity contribution in [2.75, 3.05) is 13.6 Å². The molecule has 0 aromatic heterocycles. The first-order chi connectivity index (χ1) is 8.80. The molecule has 0 aliphatic carbocycles. The zero-order valence-corrected chi connectivity index (χ0v) is 12.5. The third kappa shape index (κ3) is 3.75. The van der Waals surface area contributed by atoms with Crippen molar-refractivity contribution in [1.29, 1.82) is 0 Å². The van der Waals surface area contributed by atoms with E-state index in [1.807, 2.05) is 19.2 Å². The Morgan fingerprint density at radius 3 is 1.95 bits per heavy atom. The van der Waals surface area contributed by atoms with Crippen LogP contribution < -0.4 is 5.32 Å². The fourth-order valence-corrected chi connectivity index (χ4v) is 2.24. The number of halogens is 2. The lowest BCUT2D eigenvalue weighted by molar-refractivity contribution is -0.0513. The summed E-state index contributed by atoms with van der Waals surface area (Å²) in [6, 6.07) is 6.82. The Kier molecular flexibility index (Phi) is 5.48. The smallest absolute Gasteiger partial charge is 0.275 e. The van der Waals surface area contributed by atoms with Gasteiger partial charge in [0.25, 0.3) is 5.92 Å². The fourth-order valence-electron chi connectivity index (χ4n) is 2.24. The van der Waals surface area contributed by atoms with Gasteiger partial charge in [0, 0.05) is 18.0 Å². The van der Waals surface area contributed by atoms with Crippen molar-refractivity contribution in [3.05, 3.63) is 35.4 Å². The molecule has 1 rings (SSSR count). The maximum absolute atomic E-state index is 13.9. The largest absolute Gasteiger partial charge is 0.319 e. The highest BCUT2D eigenvalue weighted by Crippen LogP contribution is 2.36. The van der Waals surface area contributed by atoms with Gasteiger partial charge in [0.05, 0.1) is 0 Å². The van der Waals surface area contributed by atoms with Crippen molar-refractivity contribution >= 4 is 0 Å². The van der Waals surface area contributed by atoms with Crippen LogP contribution in [0.2, 0.25) is 0 Å². The molecule has 108 valence electrons. The summed E-state index contributed by atoms with van der Waals surface area (Å²) in [6.45, 7) is 8.26. The quantitative estimate of drug-likeness (QED) is 0.807. The second-order valence-corrected chi connectivity index (χ2v) is 5.81. The Morgan fingerprint density at radius 2 is 1.58 bits per heavy atom. The molecule has 1 aromatic rings. The molecular weight excluding hydrogens is 244 g/mol. The summed E-state index contributed by atoms with van der Waals surface area (Å²) >= 11 is 0. The molecule has 1 nitrogen and oxygen atoms in total.